The van der Waals surface area contributed by atoms with Crippen LogP contribution in [-0.2, 0) is 9.53 Å². The van der Waals surface area contributed by atoms with Crippen molar-refractivity contribution in [2.75, 3.05) is 18.1 Å². The Morgan fingerprint density at radius 2 is 2.00 bits per heavy atom. The minimum Gasteiger partial charge on any atom is -0.464 e. The second kappa shape index (κ2) is 9.34. The zero-order chi connectivity index (χ0) is 15.7. The average Bonchev–Trinajstić information content (AvgIpc) is 2.47. The molecule has 21 heavy (non-hydrogen) atoms. The van der Waals surface area contributed by atoms with E-state index < -0.39 is 0 Å². The number of benzene rings is 1. The number of hydrogen-bond acceptors (Lipinski definition) is 4. The molecule has 1 aromatic carbocycles. The normalized spacial score (nSPS) is 11.7. The Kier molecular flexibility index (Phi) is 7.75. The third kappa shape index (κ3) is 5.71. The average molecular weight is 308 g/mol. The second-order valence-electron chi connectivity index (χ2n) is 4.80. The fourth-order valence-electron chi connectivity index (χ4n) is 2.23. The molecule has 0 heterocycles. The summed E-state index contributed by atoms with van der Waals surface area (Å²) in [6.07, 6.45) is 2.22. The number of esters is 1. The van der Waals surface area contributed by atoms with Crippen LogP contribution in [0.2, 0.25) is 0 Å². The Hall–Kier alpha value is -1.62. The number of carbonyl (C=O) groups excluding carboxylic acids is 1. The van der Waals surface area contributed by atoms with Crippen molar-refractivity contribution in [2.24, 2.45) is 5.73 Å². The summed E-state index contributed by atoms with van der Waals surface area (Å²) < 4.78 is 5.22. The first-order chi connectivity index (χ1) is 10.1. The van der Waals surface area contributed by atoms with E-state index >= 15 is 0 Å². The van der Waals surface area contributed by atoms with Gasteiger partial charge in [0.05, 0.1) is 11.6 Å². The van der Waals surface area contributed by atoms with Crippen LogP contribution in [0.4, 0.5) is 5.69 Å². The fraction of sp³-hybridized carbons (Fsp3) is 0.500. The number of anilines is 1. The number of thiocarbonyl (C=S) groups is 1. The Balaban J connectivity index is 3.00. The maximum atomic E-state index is 12.3. The zero-order valence-corrected chi connectivity index (χ0v) is 13.6. The highest BCUT2D eigenvalue weighted by atomic mass is 32.1. The van der Waals surface area contributed by atoms with Gasteiger partial charge in [-0.1, -0.05) is 43.8 Å². The molecular weight excluding hydrogens is 284 g/mol. The number of nitrogens with zero attached hydrogens (tertiary/aromatic N) is 1. The summed E-state index contributed by atoms with van der Waals surface area (Å²) in [6.45, 7) is 4.88. The van der Waals surface area contributed by atoms with Crippen molar-refractivity contribution in [1.82, 2.24) is 0 Å². The molecule has 0 amide bonds. The van der Waals surface area contributed by atoms with Crippen molar-refractivity contribution in [1.29, 1.82) is 0 Å². The molecule has 0 saturated heterocycles. The molecule has 0 bridgehead atoms. The molecular formula is C16H24N2O2S. The summed E-state index contributed by atoms with van der Waals surface area (Å²) in [6, 6.07) is 9.54. The van der Waals surface area contributed by atoms with E-state index in [9.17, 15) is 4.79 Å². The van der Waals surface area contributed by atoms with Crippen LogP contribution < -0.4 is 10.6 Å². The number of para-hydroxylation sites is 1. The molecule has 0 saturated carbocycles. The summed E-state index contributed by atoms with van der Waals surface area (Å²) in [5.41, 5.74) is 6.60. The number of hydrogen-bond donors (Lipinski definition) is 1. The van der Waals surface area contributed by atoms with Gasteiger partial charge in [0.15, 0.2) is 0 Å². The highest BCUT2D eigenvalue weighted by Gasteiger charge is 2.26. The molecule has 2 N–H and O–H groups in total. The van der Waals surface area contributed by atoms with Gasteiger partial charge in [-0.2, -0.15) is 0 Å². The molecule has 0 aliphatic heterocycles. The first-order valence-corrected chi connectivity index (χ1v) is 7.77. The molecule has 1 rings (SSSR count). The van der Waals surface area contributed by atoms with Gasteiger partial charge in [-0.05, 0) is 25.5 Å². The molecule has 0 spiro atoms. The van der Waals surface area contributed by atoms with E-state index in [-0.39, 0.29) is 12.0 Å². The van der Waals surface area contributed by atoms with Crippen molar-refractivity contribution in [3.8, 4) is 0 Å². The molecule has 0 aromatic heterocycles. The molecule has 116 valence electrons. The summed E-state index contributed by atoms with van der Waals surface area (Å²) in [7, 11) is 0. The summed E-state index contributed by atoms with van der Waals surface area (Å²) in [4.78, 5) is 14.8. The maximum Gasteiger partial charge on any atom is 0.328 e. The van der Waals surface area contributed by atoms with E-state index in [4.69, 9.17) is 22.7 Å². The number of rotatable bonds is 9. The number of ether oxygens (including phenoxy) is 1. The Bertz CT molecular complexity index is 451. The molecule has 1 aromatic rings. The molecule has 1 atom stereocenters. The summed E-state index contributed by atoms with van der Waals surface area (Å²) in [5.74, 6) is -0.189. The monoisotopic (exact) mass is 308 g/mol. The van der Waals surface area contributed by atoms with E-state index in [1.54, 1.807) is 0 Å². The lowest BCUT2D eigenvalue weighted by atomic mass is 10.1. The SMILES string of the molecule is CCCC(C(=O)OCC)N(CCC(N)=S)c1ccccc1. The Morgan fingerprint density at radius 3 is 2.52 bits per heavy atom. The van der Waals surface area contributed by atoms with Crippen LogP contribution in [-0.4, -0.2) is 30.2 Å². The Morgan fingerprint density at radius 1 is 1.33 bits per heavy atom. The van der Waals surface area contributed by atoms with E-state index in [2.05, 4.69) is 6.92 Å². The third-order valence-electron chi connectivity index (χ3n) is 3.18. The van der Waals surface area contributed by atoms with Gasteiger partial charge in [-0.15, -0.1) is 0 Å². The highest BCUT2D eigenvalue weighted by Crippen LogP contribution is 2.20. The van der Waals surface area contributed by atoms with Gasteiger partial charge in [-0.3, -0.25) is 0 Å². The summed E-state index contributed by atoms with van der Waals surface area (Å²) in [5, 5.41) is 0. The molecule has 0 fully saturated rings. The van der Waals surface area contributed by atoms with Gasteiger partial charge >= 0.3 is 5.97 Å². The van der Waals surface area contributed by atoms with Crippen molar-refractivity contribution in [3.63, 3.8) is 0 Å². The van der Waals surface area contributed by atoms with Crippen LogP contribution in [0, 0.1) is 0 Å². The molecule has 0 radical (unpaired) electrons. The molecule has 0 aliphatic rings. The van der Waals surface area contributed by atoms with Gasteiger partial charge in [0.25, 0.3) is 0 Å². The lowest BCUT2D eigenvalue weighted by Gasteiger charge is -2.32. The lowest BCUT2D eigenvalue weighted by molar-refractivity contribution is -0.144. The standard InChI is InChI=1S/C16H24N2O2S/c1-3-8-14(16(19)20-4-2)18(12-11-15(17)21)13-9-6-5-7-10-13/h5-7,9-10,14H,3-4,8,11-12H2,1-2H3,(H2,17,21). The van der Waals surface area contributed by atoms with Gasteiger partial charge in [0.1, 0.15) is 6.04 Å². The van der Waals surface area contributed by atoms with E-state index in [1.165, 1.54) is 0 Å². The third-order valence-corrected chi connectivity index (χ3v) is 3.39. The van der Waals surface area contributed by atoms with Crippen molar-refractivity contribution < 1.29 is 9.53 Å². The first kappa shape index (κ1) is 17.4. The van der Waals surface area contributed by atoms with Crippen LogP contribution in [0.5, 0.6) is 0 Å². The van der Waals surface area contributed by atoms with Crippen LogP contribution >= 0.6 is 12.2 Å². The summed E-state index contributed by atoms with van der Waals surface area (Å²) >= 11 is 4.97. The highest BCUT2D eigenvalue weighted by molar-refractivity contribution is 7.80. The molecule has 0 aliphatic carbocycles. The van der Waals surface area contributed by atoms with Gasteiger partial charge in [0.2, 0.25) is 0 Å². The van der Waals surface area contributed by atoms with Crippen molar-refractivity contribution >= 4 is 28.9 Å². The number of carbonyl (C=O) groups is 1. The van der Waals surface area contributed by atoms with E-state index in [1.807, 2.05) is 42.2 Å². The molecule has 1 unspecified atom stereocenters. The number of nitrogens with two attached hydrogens (primary N) is 1. The minimum absolute atomic E-state index is 0.189. The molecule has 4 nitrogen and oxygen atoms in total. The predicted molar refractivity (Wildman–Crippen MR) is 90.5 cm³/mol. The van der Waals surface area contributed by atoms with E-state index in [0.29, 0.717) is 24.6 Å². The zero-order valence-electron chi connectivity index (χ0n) is 12.7. The largest absolute Gasteiger partial charge is 0.464 e. The van der Waals surface area contributed by atoms with Gasteiger partial charge in [-0.25, -0.2) is 4.79 Å². The molecule has 5 heteroatoms. The quantitative estimate of drug-likeness (QED) is 0.561. The van der Waals surface area contributed by atoms with Gasteiger partial charge in [0, 0.05) is 18.7 Å². The second-order valence-corrected chi connectivity index (χ2v) is 5.33. The van der Waals surface area contributed by atoms with Crippen LogP contribution in [0.1, 0.15) is 33.1 Å². The smallest absolute Gasteiger partial charge is 0.328 e. The fourth-order valence-corrected chi connectivity index (χ4v) is 2.32. The maximum absolute atomic E-state index is 12.3. The van der Waals surface area contributed by atoms with Gasteiger partial charge < -0.3 is 15.4 Å². The Labute approximate surface area is 132 Å². The van der Waals surface area contributed by atoms with E-state index in [0.717, 1.165) is 18.5 Å². The van der Waals surface area contributed by atoms with Crippen LogP contribution in [0.15, 0.2) is 30.3 Å². The lowest BCUT2D eigenvalue weighted by Crippen LogP contribution is -2.43. The van der Waals surface area contributed by atoms with Crippen molar-refractivity contribution in [3.05, 3.63) is 30.3 Å². The minimum atomic E-state index is -0.299. The topological polar surface area (TPSA) is 55.6 Å². The predicted octanol–water partition coefficient (Wildman–Crippen LogP) is 2.90. The van der Waals surface area contributed by atoms with Crippen LogP contribution in [0.25, 0.3) is 0 Å². The van der Waals surface area contributed by atoms with Crippen molar-refractivity contribution in [2.45, 2.75) is 39.2 Å². The first-order valence-electron chi connectivity index (χ1n) is 7.36. The van der Waals surface area contributed by atoms with Crippen LogP contribution in [0.3, 0.4) is 0 Å².